The molecule has 6 nitrogen and oxygen atoms in total. The summed E-state index contributed by atoms with van der Waals surface area (Å²) in [5.41, 5.74) is 3.00. The maximum atomic E-state index is 13.3. The van der Waals surface area contributed by atoms with Crippen LogP contribution < -0.4 is 9.64 Å². The van der Waals surface area contributed by atoms with E-state index in [0.29, 0.717) is 38.3 Å². The number of ether oxygens (including phenoxy) is 1. The van der Waals surface area contributed by atoms with E-state index in [0.717, 1.165) is 17.7 Å². The van der Waals surface area contributed by atoms with Crippen molar-refractivity contribution in [2.75, 3.05) is 24.6 Å². The number of sulfonamides is 1. The second-order valence-electron chi connectivity index (χ2n) is 8.43. The molecule has 1 fully saturated rings. The Balaban J connectivity index is 1.45. The topological polar surface area (TPSA) is 66.9 Å². The molecule has 2 aliphatic heterocycles. The van der Waals surface area contributed by atoms with Crippen LogP contribution in [0.1, 0.15) is 37.8 Å². The van der Waals surface area contributed by atoms with Crippen LogP contribution in [-0.4, -0.2) is 44.4 Å². The molecule has 0 bridgehead atoms. The third kappa shape index (κ3) is 4.08. The molecule has 2 aromatic carbocycles. The van der Waals surface area contributed by atoms with Crippen LogP contribution in [-0.2, 0) is 21.2 Å². The first-order valence-corrected chi connectivity index (χ1v) is 12.4. The number of aryl methyl sites for hydroxylation is 1. The van der Waals surface area contributed by atoms with Crippen LogP contribution in [0.3, 0.4) is 0 Å². The molecule has 1 atom stereocenters. The van der Waals surface area contributed by atoms with Crippen molar-refractivity contribution in [1.29, 1.82) is 0 Å². The number of anilines is 1. The van der Waals surface area contributed by atoms with E-state index >= 15 is 0 Å². The monoisotopic (exact) mass is 442 g/mol. The molecule has 2 aliphatic rings. The van der Waals surface area contributed by atoms with Gasteiger partial charge in [-0.1, -0.05) is 18.2 Å². The number of piperidine rings is 1. The van der Waals surface area contributed by atoms with Gasteiger partial charge in [0.05, 0.1) is 11.5 Å². The fourth-order valence-corrected chi connectivity index (χ4v) is 6.25. The molecule has 166 valence electrons. The summed E-state index contributed by atoms with van der Waals surface area (Å²) in [5, 5.41) is 0. The summed E-state index contributed by atoms with van der Waals surface area (Å²) in [6.07, 6.45) is 1.95. The SMILES string of the molecule is CCOc1ccc(S(=O)(=O)N2CCC(C(=O)N3c4ccccc4CC3C)CC2)cc1C. The summed E-state index contributed by atoms with van der Waals surface area (Å²) in [7, 11) is -3.59. The van der Waals surface area contributed by atoms with E-state index < -0.39 is 10.0 Å². The molecule has 0 spiro atoms. The first-order chi connectivity index (χ1) is 14.8. The highest BCUT2D eigenvalue weighted by molar-refractivity contribution is 7.89. The number of fused-ring (bicyclic) bond motifs is 1. The van der Waals surface area contributed by atoms with Gasteiger partial charge in [0.1, 0.15) is 5.75 Å². The van der Waals surface area contributed by atoms with E-state index in [1.54, 1.807) is 18.2 Å². The van der Waals surface area contributed by atoms with Crippen molar-refractivity contribution >= 4 is 21.6 Å². The molecule has 4 rings (SSSR count). The van der Waals surface area contributed by atoms with Gasteiger partial charge in [-0.05, 0) is 75.4 Å². The highest BCUT2D eigenvalue weighted by Gasteiger charge is 2.38. The van der Waals surface area contributed by atoms with Gasteiger partial charge < -0.3 is 9.64 Å². The van der Waals surface area contributed by atoms with Crippen molar-refractivity contribution in [3.05, 3.63) is 53.6 Å². The summed E-state index contributed by atoms with van der Waals surface area (Å²) in [6.45, 7) is 7.07. The lowest BCUT2D eigenvalue weighted by molar-refractivity contribution is -0.123. The maximum absolute atomic E-state index is 13.3. The zero-order chi connectivity index (χ0) is 22.2. The van der Waals surface area contributed by atoms with Crippen molar-refractivity contribution in [1.82, 2.24) is 4.31 Å². The maximum Gasteiger partial charge on any atom is 0.243 e. The Morgan fingerprint density at radius 3 is 2.52 bits per heavy atom. The molecule has 0 radical (unpaired) electrons. The van der Waals surface area contributed by atoms with Crippen LogP contribution >= 0.6 is 0 Å². The minimum Gasteiger partial charge on any atom is -0.494 e. The Morgan fingerprint density at radius 2 is 1.84 bits per heavy atom. The molecular formula is C24H30N2O4S. The second-order valence-corrected chi connectivity index (χ2v) is 10.4. The Hall–Kier alpha value is -2.38. The van der Waals surface area contributed by atoms with Crippen LogP contribution in [0.4, 0.5) is 5.69 Å². The number of carbonyl (C=O) groups excluding carboxylic acids is 1. The summed E-state index contributed by atoms with van der Waals surface area (Å²) >= 11 is 0. The summed E-state index contributed by atoms with van der Waals surface area (Å²) in [6, 6.07) is 13.2. The van der Waals surface area contributed by atoms with Crippen molar-refractivity contribution in [2.24, 2.45) is 5.92 Å². The number of nitrogens with zero attached hydrogens (tertiary/aromatic N) is 2. The summed E-state index contributed by atoms with van der Waals surface area (Å²) < 4.78 is 33.3. The number of carbonyl (C=O) groups is 1. The lowest BCUT2D eigenvalue weighted by Gasteiger charge is -2.34. The van der Waals surface area contributed by atoms with Gasteiger partial charge >= 0.3 is 0 Å². The van der Waals surface area contributed by atoms with Crippen LogP contribution in [0.5, 0.6) is 5.75 Å². The average Bonchev–Trinajstić information content (AvgIpc) is 3.10. The molecule has 7 heteroatoms. The molecule has 2 aromatic rings. The number of benzene rings is 2. The van der Waals surface area contributed by atoms with Gasteiger partial charge in [0.2, 0.25) is 15.9 Å². The van der Waals surface area contributed by atoms with Gasteiger partial charge in [-0.15, -0.1) is 0 Å². The van der Waals surface area contributed by atoms with Gasteiger partial charge in [-0.2, -0.15) is 4.31 Å². The predicted molar refractivity (Wildman–Crippen MR) is 121 cm³/mol. The lowest BCUT2D eigenvalue weighted by atomic mass is 9.96. The quantitative estimate of drug-likeness (QED) is 0.707. The number of amides is 1. The van der Waals surface area contributed by atoms with Gasteiger partial charge in [0, 0.05) is 30.7 Å². The molecule has 1 saturated heterocycles. The average molecular weight is 443 g/mol. The number of para-hydroxylation sites is 1. The zero-order valence-corrected chi connectivity index (χ0v) is 19.2. The first-order valence-electron chi connectivity index (χ1n) is 11.0. The second kappa shape index (κ2) is 8.63. The molecule has 1 unspecified atom stereocenters. The Labute approximate surface area is 184 Å². The Bertz CT molecular complexity index is 1070. The third-order valence-corrected chi connectivity index (χ3v) is 8.23. The van der Waals surface area contributed by atoms with Crippen LogP contribution in [0.15, 0.2) is 47.4 Å². The van der Waals surface area contributed by atoms with E-state index in [2.05, 4.69) is 13.0 Å². The van der Waals surface area contributed by atoms with Crippen molar-refractivity contribution in [3.8, 4) is 5.75 Å². The van der Waals surface area contributed by atoms with E-state index in [4.69, 9.17) is 4.74 Å². The van der Waals surface area contributed by atoms with Crippen molar-refractivity contribution in [2.45, 2.75) is 51.0 Å². The summed E-state index contributed by atoms with van der Waals surface area (Å²) in [5.74, 6) is 0.666. The van der Waals surface area contributed by atoms with E-state index in [1.807, 2.05) is 36.9 Å². The van der Waals surface area contributed by atoms with Crippen molar-refractivity contribution in [3.63, 3.8) is 0 Å². The van der Waals surface area contributed by atoms with E-state index in [-0.39, 0.29) is 22.8 Å². The number of rotatable bonds is 5. The number of hydrogen-bond donors (Lipinski definition) is 0. The number of hydrogen-bond acceptors (Lipinski definition) is 4. The highest BCUT2D eigenvalue weighted by Crippen LogP contribution is 2.35. The summed E-state index contributed by atoms with van der Waals surface area (Å²) in [4.78, 5) is 15.5. The first kappa shape index (κ1) is 21.8. The normalized spacial score (nSPS) is 20.0. The van der Waals surface area contributed by atoms with E-state index in [1.165, 1.54) is 9.87 Å². The predicted octanol–water partition coefficient (Wildman–Crippen LogP) is 3.77. The minimum absolute atomic E-state index is 0.117. The Morgan fingerprint density at radius 1 is 1.13 bits per heavy atom. The fraction of sp³-hybridized carbons (Fsp3) is 0.458. The van der Waals surface area contributed by atoms with Crippen LogP contribution in [0.25, 0.3) is 0 Å². The standard InChI is InChI=1S/C24H30N2O4S/c1-4-30-23-10-9-21(15-17(23)2)31(28,29)25-13-11-19(12-14-25)24(27)26-18(3)16-20-7-5-6-8-22(20)26/h5-10,15,18-19H,4,11-14,16H2,1-3H3. The molecule has 1 amide bonds. The molecular weight excluding hydrogens is 412 g/mol. The highest BCUT2D eigenvalue weighted by atomic mass is 32.2. The van der Waals surface area contributed by atoms with Crippen LogP contribution in [0, 0.1) is 12.8 Å². The van der Waals surface area contributed by atoms with Gasteiger partial charge in [-0.3, -0.25) is 4.79 Å². The molecule has 0 saturated carbocycles. The van der Waals surface area contributed by atoms with E-state index in [9.17, 15) is 13.2 Å². The van der Waals surface area contributed by atoms with Gasteiger partial charge in [0.15, 0.2) is 0 Å². The van der Waals surface area contributed by atoms with Gasteiger partial charge in [0.25, 0.3) is 0 Å². The van der Waals surface area contributed by atoms with Gasteiger partial charge in [-0.25, -0.2) is 8.42 Å². The molecule has 2 heterocycles. The Kier molecular flexibility index (Phi) is 6.08. The molecule has 0 aliphatic carbocycles. The largest absolute Gasteiger partial charge is 0.494 e. The van der Waals surface area contributed by atoms with Crippen molar-refractivity contribution < 1.29 is 17.9 Å². The lowest BCUT2D eigenvalue weighted by Crippen LogP contribution is -2.46. The minimum atomic E-state index is -3.59. The van der Waals surface area contributed by atoms with Crippen LogP contribution in [0.2, 0.25) is 0 Å². The molecule has 0 N–H and O–H groups in total. The molecule has 0 aromatic heterocycles. The molecule has 31 heavy (non-hydrogen) atoms. The smallest absolute Gasteiger partial charge is 0.243 e. The zero-order valence-electron chi connectivity index (χ0n) is 18.4. The third-order valence-electron chi connectivity index (χ3n) is 6.33. The fourth-order valence-electron chi connectivity index (χ4n) is 4.69.